The number of carbonyl (C=O) groups is 2. The lowest BCUT2D eigenvalue weighted by Gasteiger charge is -2.26. The van der Waals surface area contributed by atoms with E-state index in [0.29, 0.717) is 47.9 Å². The zero-order chi connectivity index (χ0) is 24.2. The number of aliphatic hydroxyl groups excluding tert-OH is 1. The Labute approximate surface area is 198 Å². The largest absolute Gasteiger partial charge is 0.507 e. The van der Waals surface area contributed by atoms with E-state index >= 15 is 0 Å². The Morgan fingerprint density at radius 1 is 1.21 bits per heavy atom. The van der Waals surface area contributed by atoms with Gasteiger partial charge in [-0.3, -0.25) is 9.59 Å². The second kappa shape index (κ2) is 10.0. The van der Waals surface area contributed by atoms with Crippen LogP contribution in [0.4, 0.5) is 0 Å². The topological polar surface area (TPSA) is 88.5 Å². The van der Waals surface area contributed by atoms with Gasteiger partial charge < -0.3 is 29.1 Å². The molecule has 2 heterocycles. The van der Waals surface area contributed by atoms with E-state index in [2.05, 4.69) is 6.58 Å². The van der Waals surface area contributed by atoms with Crippen LogP contribution in [0.15, 0.2) is 60.7 Å². The van der Waals surface area contributed by atoms with Gasteiger partial charge in [0.15, 0.2) is 11.5 Å². The number of carbonyl (C=O) groups excluding carboxylic acids is 2. The molecule has 0 aliphatic carbocycles. The van der Waals surface area contributed by atoms with Crippen LogP contribution in [0.1, 0.15) is 23.6 Å². The third-order valence-electron chi connectivity index (χ3n) is 5.73. The number of fused-ring (bicyclic) bond motifs is 1. The summed E-state index contributed by atoms with van der Waals surface area (Å²) in [5.41, 5.74) is 1.09. The number of ketones is 1. The van der Waals surface area contributed by atoms with Crippen molar-refractivity contribution in [2.45, 2.75) is 12.5 Å². The molecule has 34 heavy (non-hydrogen) atoms. The number of amides is 1. The van der Waals surface area contributed by atoms with Crippen molar-refractivity contribution in [1.82, 2.24) is 9.80 Å². The third-order valence-corrected chi connectivity index (χ3v) is 5.73. The van der Waals surface area contributed by atoms with Gasteiger partial charge in [-0.05, 0) is 63.0 Å². The first kappa shape index (κ1) is 23.4. The van der Waals surface area contributed by atoms with Crippen LogP contribution in [0.5, 0.6) is 17.2 Å². The maximum atomic E-state index is 13.2. The third kappa shape index (κ3) is 4.63. The molecule has 1 amide bonds. The molecular weight excluding hydrogens is 436 g/mol. The highest BCUT2D eigenvalue weighted by Crippen LogP contribution is 2.42. The number of Topliss-reactive ketones (excluding diaryl/α,β-unsaturated/α-hetero) is 1. The highest BCUT2D eigenvalue weighted by molar-refractivity contribution is 6.46. The van der Waals surface area contributed by atoms with Gasteiger partial charge in [0.1, 0.15) is 18.1 Å². The summed E-state index contributed by atoms with van der Waals surface area (Å²) in [4.78, 5) is 29.8. The van der Waals surface area contributed by atoms with Crippen molar-refractivity contribution in [3.8, 4) is 17.2 Å². The molecule has 1 N–H and O–H groups in total. The summed E-state index contributed by atoms with van der Waals surface area (Å²) in [6.45, 7) is 5.19. The van der Waals surface area contributed by atoms with Gasteiger partial charge in [0.2, 0.25) is 6.79 Å². The van der Waals surface area contributed by atoms with Gasteiger partial charge in [0, 0.05) is 12.1 Å². The Morgan fingerprint density at radius 2 is 2.00 bits per heavy atom. The van der Waals surface area contributed by atoms with Gasteiger partial charge in [-0.25, -0.2) is 0 Å². The average molecular weight is 465 g/mol. The van der Waals surface area contributed by atoms with Gasteiger partial charge in [0.25, 0.3) is 11.7 Å². The van der Waals surface area contributed by atoms with Crippen molar-refractivity contribution in [2.24, 2.45) is 0 Å². The summed E-state index contributed by atoms with van der Waals surface area (Å²) in [5, 5.41) is 11.2. The van der Waals surface area contributed by atoms with Gasteiger partial charge >= 0.3 is 0 Å². The summed E-state index contributed by atoms with van der Waals surface area (Å²) in [6, 6.07) is 11.4. The van der Waals surface area contributed by atoms with Crippen LogP contribution in [0.2, 0.25) is 0 Å². The molecule has 0 radical (unpaired) electrons. The fraction of sp³-hybridized carbons (Fsp3) is 0.308. The molecule has 2 aliphatic heterocycles. The van der Waals surface area contributed by atoms with Crippen LogP contribution in [-0.4, -0.2) is 67.2 Å². The van der Waals surface area contributed by atoms with E-state index in [0.717, 1.165) is 6.54 Å². The van der Waals surface area contributed by atoms with Gasteiger partial charge in [-0.2, -0.15) is 0 Å². The molecule has 8 nitrogen and oxygen atoms in total. The van der Waals surface area contributed by atoms with E-state index in [1.807, 2.05) is 25.1 Å². The molecule has 178 valence electrons. The first-order valence-corrected chi connectivity index (χ1v) is 11.1. The summed E-state index contributed by atoms with van der Waals surface area (Å²) in [5.74, 6) is 0.00404. The molecular formula is C26H28N2O6. The monoisotopic (exact) mass is 464 g/mol. The first-order chi connectivity index (χ1) is 16.4. The number of nitrogens with zero attached hydrogens (tertiary/aromatic N) is 2. The molecule has 8 heteroatoms. The van der Waals surface area contributed by atoms with Gasteiger partial charge in [-0.1, -0.05) is 24.8 Å². The Kier molecular flexibility index (Phi) is 6.88. The van der Waals surface area contributed by atoms with E-state index in [4.69, 9.17) is 14.2 Å². The summed E-state index contributed by atoms with van der Waals surface area (Å²) in [7, 11) is 3.90. The summed E-state index contributed by atoms with van der Waals surface area (Å²) in [6.07, 6.45) is 2.31. The number of hydrogen-bond donors (Lipinski definition) is 1. The van der Waals surface area contributed by atoms with Gasteiger partial charge in [0.05, 0.1) is 11.6 Å². The molecule has 1 saturated heterocycles. The van der Waals surface area contributed by atoms with E-state index in [1.54, 1.807) is 42.5 Å². The SMILES string of the molecule is C=CCOc1cccc(C2/C(=C(\O)c3ccc4c(c3)OCO4)C(=O)C(=O)N2CCCN(C)C)c1. The van der Waals surface area contributed by atoms with E-state index in [1.165, 1.54) is 4.90 Å². The minimum Gasteiger partial charge on any atom is -0.507 e. The molecule has 1 unspecified atom stereocenters. The quantitative estimate of drug-likeness (QED) is 0.264. The minimum atomic E-state index is -0.750. The Balaban J connectivity index is 1.78. The molecule has 0 saturated carbocycles. The lowest BCUT2D eigenvalue weighted by atomic mass is 9.95. The highest BCUT2D eigenvalue weighted by Gasteiger charge is 2.46. The van der Waals surface area contributed by atoms with Crippen LogP contribution in [0.25, 0.3) is 5.76 Å². The van der Waals surface area contributed by atoms with Crippen LogP contribution in [-0.2, 0) is 9.59 Å². The number of aliphatic hydroxyl groups is 1. The molecule has 1 fully saturated rings. The highest BCUT2D eigenvalue weighted by atomic mass is 16.7. The second-order valence-corrected chi connectivity index (χ2v) is 8.39. The number of likely N-dealkylation sites (tertiary alicyclic amines) is 1. The standard InChI is InChI=1S/C26H28N2O6/c1-4-13-32-19-8-5-7-17(14-19)23-22(25(30)26(31)28(23)12-6-11-27(2)3)24(29)18-9-10-20-21(15-18)34-16-33-20/h4-5,7-10,14-15,23,29H,1,6,11-13,16H2,2-3H3/b24-22+. The lowest BCUT2D eigenvalue weighted by Crippen LogP contribution is -2.32. The molecule has 2 aromatic carbocycles. The number of ether oxygens (including phenoxy) is 3. The molecule has 1 atom stereocenters. The van der Waals surface area contributed by atoms with Crippen molar-refractivity contribution in [3.05, 3.63) is 71.8 Å². The summed E-state index contributed by atoms with van der Waals surface area (Å²) >= 11 is 0. The number of rotatable bonds is 9. The van der Waals surface area contributed by atoms with Crippen molar-refractivity contribution in [2.75, 3.05) is 40.6 Å². The zero-order valence-electron chi connectivity index (χ0n) is 19.3. The summed E-state index contributed by atoms with van der Waals surface area (Å²) < 4.78 is 16.4. The maximum Gasteiger partial charge on any atom is 0.295 e. The van der Waals surface area contributed by atoms with E-state index < -0.39 is 17.7 Å². The van der Waals surface area contributed by atoms with Crippen molar-refractivity contribution in [1.29, 1.82) is 0 Å². The maximum absolute atomic E-state index is 13.2. The van der Waals surface area contributed by atoms with Crippen molar-refractivity contribution < 1.29 is 28.9 Å². The fourth-order valence-corrected chi connectivity index (χ4v) is 4.14. The van der Waals surface area contributed by atoms with Crippen LogP contribution < -0.4 is 14.2 Å². The van der Waals surface area contributed by atoms with Crippen LogP contribution >= 0.6 is 0 Å². The Hall–Kier alpha value is -3.78. The number of hydrogen-bond acceptors (Lipinski definition) is 7. The van der Waals surface area contributed by atoms with E-state index in [-0.39, 0.29) is 18.1 Å². The normalized spacial score (nSPS) is 18.6. The second-order valence-electron chi connectivity index (χ2n) is 8.39. The zero-order valence-corrected chi connectivity index (χ0v) is 19.3. The predicted molar refractivity (Wildman–Crippen MR) is 127 cm³/mol. The van der Waals surface area contributed by atoms with Crippen LogP contribution in [0.3, 0.4) is 0 Å². The molecule has 4 rings (SSSR count). The smallest absolute Gasteiger partial charge is 0.295 e. The average Bonchev–Trinajstić information content (AvgIpc) is 3.40. The Morgan fingerprint density at radius 3 is 2.76 bits per heavy atom. The van der Waals surface area contributed by atoms with Crippen molar-refractivity contribution >= 4 is 17.4 Å². The van der Waals surface area contributed by atoms with Crippen molar-refractivity contribution in [3.63, 3.8) is 0 Å². The molecule has 0 spiro atoms. The Bertz CT molecular complexity index is 1140. The predicted octanol–water partition coefficient (Wildman–Crippen LogP) is 3.35. The lowest BCUT2D eigenvalue weighted by molar-refractivity contribution is -0.139. The molecule has 0 bridgehead atoms. The van der Waals surface area contributed by atoms with E-state index in [9.17, 15) is 14.7 Å². The van der Waals surface area contributed by atoms with Gasteiger partial charge in [-0.15, -0.1) is 0 Å². The molecule has 0 aromatic heterocycles. The first-order valence-electron chi connectivity index (χ1n) is 11.1. The fourth-order valence-electron chi connectivity index (χ4n) is 4.14. The number of benzene rings is 2. The molecule has 2 aliphatic rings. The molecule has 2 aromatic rings. The van der Waals surface area contributed by atoms with Crippen LogP contribution in [0, 0.1) is 0 Å². The minimum absolute atomic E-state index is 0.0367.